The largest absolute Gasteiger partial charge is 0.507 e. The number of hydrogen-bond donors (Lipinski definition) is 1. The molecule has 0 saturated carbocycles. The van der Waals surface area contributed by atoms with E-state index in [9.17, 15) is 5.11 Å². The lowest BCUT2D eigenvalue weighted by Gasteiger charge is -2.24. The summed E-state index contributed by atoms with van der Waals surface area (Å²) in [7, 11) is 0.405. The molecule has 0 spiro atoms. The highest BCUT2D eigenvalue weighted by Crippen LogP contribution is 2.33. The highest BCUT2D eigenvalue weighted by atomic mass is 31.1. The molecule has 1 unspecified atom stereocenters. The van der Waals surface area contributed by atoms with Crippen molar-refractivity contribution < 1.29 is 5.11 Å². The minimum Gasteiger partial charge on any atom is -0.507 e. The molecule has 1 fully saturated rings. The minimum atomic E-state index is -0.0788. The first-order valence-electron chi connectivity index (χ1n) is 9.83. The second-order valence-corrected chi connectivity index (χ2v) is 9.76. The second kappa shape index (κ2) is 8.44. The fourth-order valence-corrected chi connectivity index (χ4v) is 4.77. The van der Waals surface area contributed by atoms with Crippen molar-refractivity contribution in [2.45, 2.75) is 52.4 Å². The zero-order valence-corrected chi connectivity index (χ0v) is 17.9. The van der Waals surface area contributed by atoms with Gasteiger partial charge >= 0.3 is 0 Å². The number of phenolic OH excluding ortho intramolecular Hbond substituents is 1. The maximum Gasteiger partial charge on any atom is 0.127 e. The molecule has 0 bridgehead atoms. The van der Waals surface area contributed by atoms with Gasteiger partial charge in [-0.05, 0) is 48.5 Å². The van der Waals surface area contributed by atoms with Crippen molar-refractivity contribution in [1.29, 1.82) is 0 Å². The van der Waals surface area contributed by atoms with E-state index in [0.717, 1.165) is 29.5 Å². The summed E-state index contributed by atoms with van der Waals surface area (Å²) in [5.41, 5.74) is 3.27. The van der Waals surface area contributed by atoms with E-state index in [1.165, 1.54) is 30.1 Å². The highest BCUT2D eigenvalue weighted by molar-refractivity contribution is 7.56. The topological polar surface area (TPSA) is 35.8 Å². The van der Waals surface area contributed by atoms with Crippen LogP contribution in [-0.4, -0.2) is 29.4 Å². The lowest BCUT2D eigenvalue weighted by atomic mass is 9.85. The smallest absolute Gasteiger partial charge is 0.127 e. The summed E-state index contributed by atoms with van der Waals surface area (Å²) in [5, 5.41) is 20.0. The van der Waals surface area contributed by atoms with Crippen molar-refractivity contribution >= 4 is 25.4 Å². The van der Waals surface area contributed by atoms with Crippen LogP contribution in [0.15, 0.2) is 41.5 Å². The molecule has 3 rings (SSSR count). The molecule has 3 nitrogen and oxygen atoms in total. The molecule has 0 amide bonds. The maximum absolute atomic E-state index is 10.9. The molecule has 4 heteroatoms. The zero-order valence-electron chi connectivity index (χ0n) is 16.9. The first-order valence-corrected chi connectivity index (χ1v) is 10.8. The lowest BCUT2D eigenvalue weighted by Crippen LogP contribution is -2.25. The molecule has 0 aromatic heterocycles. The highest BCUT2D eigenvalue weighted by Gasteiger charge is 2.21. The Morgan fingerprint density at radius 1 is 1.04 bits per heavy atom. The van der Waals surface area contributed by atoms with Crippen LogP contribution in [0.1, 0.15) is 56.7 Å². The van der Waals surface area contributed by atoms with Crippen LogP contribution >= 0.6 is 8.58 Å². The fraction of sp³-hybridized carbons (Fsp3) is 0.435. The number of rotatable bonds is 4. The summed E-state index contributed by atoms with van der Waals surface area (Å²) in [6.07, 6.45) is 5.76. The second-order valence-electron chi connectivity index (χ2n) is 8.43. The zero-order chi connectivity index (χ0) is 19.4. The molecule has 144 valence electrons. The van der Waals surface area contributed by atoms with Crippen LogP contribution in [0, 0.1) is 6.92 Å². The van der Waals surface area contributed by atoms with Crippen molar-refractivity contribution in [3.05, 3.63) is 53.1 Å². The van der Waals surface area contributed by atoms with E-state index in [2.05, 4.69) is 69.1 Å². The van der Waals surface area contributed by atoms with Crippen LogP contribution in [0.5, 0.6) is 5.75 Å². The van der Waals surface area contributed by atoms with E-state index in [1.54, 1.807) is 0 Å². The van der Waals surface area contributed by atoms with E-state index >= 15 is 0 Å². The van der Waals surface area contributed by atoms with Gasteiger partial charge in [0.1, 0.15) is 5.75 Å². The molecule has 1 heterocycles. The molecular weight excluding hydrogens is 351 g/mol. The molecule has 1 atom stereocenters. The van der Waals surface area contributed by atoms with E-state index in [-0.39, 0.29) is 5.41 Å². The van der Waals surface area contributed by atoms with Crippen LogP contribution in [0.3, 0.4) is 0 Å². The van der Waals surface area contributed by atoms with Gasteiger partial charge in [-0.15, -0.1) is 0 Å². The first kappa shape index (κ1) is 19.9. The van der Waals surface area contributed by atoms with Gasteiger partial charge in [0, 0.05) is 29.5 Å². The van der Waals surface area contributed by atoms with Gasteiger partial charge < -0.3 is 5.11 Å². The fourth-order valence-electron chi connectivity index (χ4n) is 3.45. The summed E-state index contributed by atoms with van der Waals surface area (Å²) < 4.78 is 0. The van der Waals surface area contributed by atoms with Gasteiger partial charge in [0.25, 0.3) is 0 Å². The quantitative estimate of drug-likeness (QED) is 0.627. The number of hydrogen-bond acceptors (Lipinski definition) is 3. The number of phenols is 1. The van der Waals surface area contributed by atoms with Gasteiger partial charge in [-0.2, -0.15) is 5.10 Å². The van der Waals surface area contributed by atoms with Crippen molar-refractivity contribution in [1.82, 2.24) is 5.01 Å². The Hall–Kier alpha value is -1.86. The Morgan fingerprint density at radius 2 is 1.74 bits per heavy atom. The molecular formula is C23H31N2OP. The molecule has 2 aromatic rings. The molecule has 1 saturated heterocycles. The van der Waals surface area contributed by atoms with Gasteiger partial charge in [-0.1, -0.05) is 59.7 Å². The Labute approximate surface area is 165 Å². The Balaban J connectivity index is 1.88. The van der Waals surface area contributed by atoms with Crippen LogP contribution in [-0.2, 0) is 5.41 Å². The molecule has 27 heavy (non-hydrogen) atoms. The summed E-state index contributed by atoms with van der Waals surface area (Å²) >= 11 is 0. The van der Waals surface area contributed by atoms with Crippen molar-refractivity contribution in [3.8, 4) is 5.75 Å². The average Bonchev–Trinajstić information content (AvgIpc) is 2.63. The molecule has 2 aromatic carbocycles. The third kappa shape index (κ3) is 5.11. The predicted molar refractivity (Wildman–Crippen MR) is 119 cm³/mol. The Kier molecular flexibility index (Phi) is 6.22. The molecule has 0 aliphatic carbocycles. The number of benzene rings is 2. The van der Waals surface area contributed by atoms with Gasteiger partial charge in [0.15, 0.2) is 0 Å². The number of aromatic hydroxyl groups is 1. The summed E-state index contributed by atoms with van der Waals surface area (Å²) in [4.78, 5) is 0. The number of aryl methyl sites for hydroxylation is 1. The van der Waals surface area contributed by atoms with Gasteiger partial charge in [-0.25, -0.2) is 0 Å². The number of hydrazone groups is 1. The third-order valence-electron chi connectivity index (χ3n) is 4.98. The SMILES string of the molecule is Cc1cc(Pc2ccccc2C=NN2CCCCC2)c(O)c(C(C)(C)C)c1. The standard InChI is InChI=1S/C23H31N2OP/c1-17-14-19(23(2,3)4)22(26)21(15-17)27-20-11-7-6-10-18(20)16-24-25-12-8-5-9-13-25/h6-7,10-11,14-16,26-27H,5,8-9,12-13H2,1-4H3. The van der Waals surface area contributed by atoms with Crippen LogP contribution in [0.2, 0.25) is 0 Å². The molecule has 0 radical (unpaired) electrons. The Bertz CT molecular complexity index is 818. The monoisotopic (exact) mass is 382 g/mol. The van der Waals surface area contributed by atoms with Crippen molar-refractivity contribution in [2.75, 3.05) is 13.1 Å². The molecule has 1 N–H and O–H groups in total. The van der Waals surface area contributed by atoms with E-state index in [0.29, 0.717) is 14.3 Å². The number of piperidine rings is 1. The summed E-state index contributed by atoms with van der Waals surface area (Å²) in [6.45, 7) is 10.6. The van der Waals surface area contributed by atoms with Crippen molar-refractivity contribution in [2.24, 2.45) is 5.10 Å². The lowest BCUT2D eigenvalue weighted by molar-refractivity contribution is 0.240. The maximum atomic E-state index is 10.9. The Morgan fingerprint density at radius 3 is 2.44 bits per heavy atom. The first-order chi connectivity index (χ1) is 12.8. The van der Waals surface area contributed by atoms with Gasteiger partial charge in [-0.3, -0.25) is 5.01 Å². The average molecular weight is 382 g/mol. The normalized spacial score (nSPS) is 15.9. The molecule has 1 aliphatic rings. The summed E-state index contributed by atoms with van der Waals surface area (Å²) in [6, 6.07) is 12.6. The van der Waals surface area contributed by atoms with Crippen LogP contribution < -0.4 is 10.6 Å². The van der Waals surface area contributed by atoms with Crippen LogP contribution in [0.4, 0.5) is 0 Å². The van der Waals surface area contributed by atoms with E-state index < -0.39 is 0 Å². The predicted octanol–water partition coefficient (Wildman–Crippen LogP) is 4.45. The van der Waals surface area contributed by atoms with Gasteiger partial charge in [0.05, 0.1) is 6.21 Å². The summed E-state index contributed by atoms with van der Waals surface area (Å²) in [5.74, 6) is 0.439. The molecule has 1 aliphatic heterocycles. The van der Waals surface area contributed by atoms with Gasteiger partial charge in [0.2, 0.25) is 0 Å². The van der Waals surface area contributed by atoms with E-state index in [4.69, 9.17) is 5.10 Å². The van der Waals surface area contributed by atoms with E-state index in [1.807, 2.05) is 6.21 Å². The minimum absolute atomic E-state index is 0.0788. The van der Waals surface area contributed by atoms with Crippen LogP contribution in [0.25, 0.3) is 0 Å². The number of nitrogens with zero attached hydrogens (tertiary/aromatic N) is 2. The van der Waals surface area contributed by atoms with Crippen molar-refractivity contribution in [3.63, 3.8) is 0 Å². The third-order valence-corrected chi connectivity index (χ3v) is 6.36.